The first-order valence-electron chi connectivity index (χ1n) is 10.4. The summed E-state index contributed by atoms with van der Waals surface area (Å²) in [4.78, 5) is 28.8. The van der Waals surface area contributed by atoms with Gasteiger partial charge in [-0.15, -0.1) is 22.7 Å². The zero-order valence-electron chi connectivity index (χ0n) is 18.0. The van der Waals surface area contributed by atoms with Crippen molar-refractivity contribution in [2.24, 2.45) is 0 Å². The summed E-state index contributed by atoms with van der Waals surface area (Å²) in [6.07, 6.45) is -4.70. The van der Waals surface area contributed by atoms with E-state index in [9.17, 15) is 27.9 Å². The number of aromatic nitrogens is 1. The molecule has 0 unspecified atom stereocenters. The molecule has 0 bridgehead atoms. The summed E-state index contributed by atoms with van der Waals surface area (Å²) < 4.78 is 41.5. The van der Waals surface area contributed by atoms with Crippen LogP contribution in [-0.4, -0.2) is 26.9 Å². The van der Waals surface area contributed by atoms with Gasteiger partial charge < -0.3 is 10.2 Å². The Balaban J connectivity index is 1.65. The highest BCUT2D eigenvalue weighted by Gasteiger charge is 2.36. The van der Waals surface area contributed by atoms with Gasteiger partial charge in [0.25, 0.3) is 0 Å². The van der Waals surface area contributed by atoms with E-state index < -0.39 is 29.1 Å². The number of carboxylic acid groups (broad SMARTS) is 1. The van der Waals surface area contributed by atoms with E-state index in [0.29, 0.717) is 31.8 Å². The average Bonchev–Trinajstić information content (AvgIpc) is 3.48. The number of ketones is 1. The molecule has 2 heterocycles. The number of carbonyl (C=O) groups is 2. The van der Waals surface area contributed by atoms with Gasteiger partial charge in [-0.1, -0.05) is 42.5 Å². The van der Waals surface area contributed by atoms with E-state index in [1.807, 2.05) is 0 Å². The number of phenols is 1. The van der Waals surface area contributed by atoms with Gasteiger partial charge in [0.1, 0.15) is 10.8 Å². The molecule has 0 spiro atoms. The number of aromatic hydroxyl groups is 1. The van der Waals surface area contributed by atoms with Gasteiger partial charge in [-0.25, -0.2) is 9.78 Å². The van der Waals surface area contributed by atoms with Crippen LogP contribution in [0.3, 0.4) is 0 Å². The molecule has 0 radical (unpaired) electrons. The van der Waals surface area contributed by atoms with E-state index in [0.717, 1.165) is 23.5 Å². The van der Waals surface area contributed by atoms with E-state index in [1.165, 1.54) is 41.0 Å². The molecule has 0 atom stereocenters. The van der Waals surface area contributed by atoms with Crippen LogP contribution >= 0.6 is 22.7 Å². The second-order valence-electron chi connectivity index (χ2n) is 7.78. The molecule has 180 valence electrons. The van der Waals surface area contributed by atoms with Crippen LogP contribution in [0.4, 0.5) is 13.2 Å². The Morgan fingerprint density at radius 2 is 1.61 bits per heavy atom. The fraction of sp³-hybridized carbons (Fsp3) is 0.0385. The minimum absolute atomic E-state index is 0.0293. The Hall–Kier alpha value is -4.02. The topological polar surface area (TPSA) is 87.5 Å². The maximum atomic E-state index is 13.6. The predicted octanol–water partition coefficient (Wildman–Crippen LogP) is 7.35. The summed E-state index contributed by atoms with van der Waals surface area (Å²) >= 11 is 2.18. The third-order valence-electron chi connectivity index (χ3n) is 5.50. The molecule has 0 fully saturated rings. The lowest BCUT2D eigenvalue weighted by Gasteiger charge is -2.12. The van der Waals surface area contributed by atoms with Gasteiger partial charge in [-0.3, -0.25) is 4.79 Å². The van der Waals surface area contributed by atoms with Crippen molar-refractivity contribution in [3.63, 3.8) is 0 Å². The molecule has 0 aliphatic rings. The lowest BCUT2D eigenvalue weighted by molar-refractivity contribution is -0.137. The molecule has 0 aliphatic carbocycles. The van der Waals surface area contributed by atoms with Crippen LogP contribution in [0.2, 0.25) is 0 Å². The molecular weight excluding hydrogens is 511 g/mol. The van der Waals surface area contributed by atoms with Crippen molar-refractivity contribution >= 4 is 44.5 Å². The molecule has 5 nitrogen and oxygen atoms in total. The first-order chi connectivity index (χ1) is 17.1. The highest BCUT2D eigenvalue weighted by atomic mass is 32.1. The summed E-state index contributed by atoms with van der Waals surface area (Å²) in [5.74, 6) is -1.93. The number of alkyl halides is 3. The van der Waals surface area contributed by atoms with E-state index in [-0.39, 0.29) is 16.3 Å². The molecule has 5 rings (SSSR count). The molecule has 36 heavy (non-hydrogen) atoms. The van der Waals surface area contributed by atoms with Gasteiger partial charge in [-0.2, -0.15) is 13.2 Å². The third-order valence-corrected chi connectivity index (χ3v) is 7.54. The Kier molecular flexibility index (Phi) is 5.85. The lowest BCUT2D eigenvalue weighted by Crippen LogP contribution is -2.13. The number of nitrogens with zero attached hydrogens (tertiary/aromatic N) is 1. The summed E-state index contributed by atoms with van der Waals surface area (Å²) in [5.41, 5.74) is 0.146. The lowest BCUT2D eigenvalue weighted by atomic mass is 9.95. The second kappa shape index (κ2) is 8.89. The maximum absolute atomic E-state index is 13.6. The average molecular weight is 526 g/mol. The fourth-order valence-electron chi connectivity index (χ4n) is 3.87. The summed E-state index contributed by atoms with van der Waals surface area (Å²) in [6.45, 7) is 0. The number of rotatable bonds is 5. The molecule has 5 aromatic rings. The van der Waals surface area contributed by atoms with E-state index in [1.54, 1.807) is 30.3 Å². The number of phenolic OH excluding ortho intramolecular Hbond substituents is 1. The summed E-state index contributed by atoms with van der Waals surface area (Å²) in [7, 11) is 0. The van der Waals surface area contributed by atoms with E-state index >= 15 is 0 Å². The first kappa shape index (κ1) is 23.7. The molecule has 0 amide bonds. The number of benzene rings is 3. The number of thiophene rings is 1. The Bertz CT molecular complexity index is 1640. The molecule has 2 N–H and O–H groups in total. The number of carboxylic acids is 1. The van der Waals surface area contributed by atoms with E-state index in [2.05, 4.69) is 4.98 Å². The molecule has 10 heteroatoms. The maximum Gasteiger partial charge on any atom is 0.417 e. The van der Waals surface area contributed by atoms with Crippen molar-refractivity contribution in [1.29, 1.82) is 0 Å². The Labute approximate surface area is 209 Å². The highest BCUT2D eigenvalue weighted by molar-refractivity contribution is 7.21. The number of hydrogen-bond acceptors (Lipinski definition) is 6. The van der Waals surface area contributed by atoms with Gasteiger partial charge in [0, 0.05) is 32.2 Å². The minimum Gasteiger partial charge on any atom is -0.508 e. The normalized spacial score (nSPS) is 11.6. The smallest absolute Gasteiger partial charge is 0.417 e. The zero-order chi connectivity index (χ0) is 25.6. The number of aromatic carboxylic acids is 1. The first-order valence-corrected chi connectivity index (χ1v) is 12.1. The predicted molar refractivity (Wildman–Crippen MR) is 132 cm³/mol. The minimum atomic E-state index is -4.70. The van der Waals surface area contributed by atoms with Gasteiger partial charge in [0.2, 0.25) is 5.78 Å². The third kappa shape index (κ3) is 4.25. The number of carbonyl (C=O) groups excluding carboxylic acids is 1. The van der Waals surface area contributed by atoms with Crippen molar-refractivity contribution in [2.45, 2.75) is 6.18 Å². The molecule has 2 aromatic heterocycles. The molecule has 3 aromatic carbocycles. The van der Waals surface area contributed by atoms with Crippen LogP contribution in [0, 0.1) is 0 Å². The van der Waals surface area contributed by atoms with Gasteiger partial charge in [0.15, 0.2) is 5.69 Å². The van der Waals surface area contributed by atoms with Crippen molar-refractivity contribution < 1.29 is 33.0 Å². The van der Waals surface area contributed by atoms with Crippen LogP contribution in [0.5, 0.6) is 5.75 Å². The fourth-order valence-corrected chi connectivity index (χ4v) is 5.88. The van der Waals surface area contributed by atoms with Crippen molar-refractivity contribution in [2.75, 3.05) is 0 Å². The van der Waals surface area contributed by atoms with Crippen molar-refractivity contribution in [3.05, 3.63) is 93.8 Å². The van der Waals surface area contributed by atoms with Crippen molar-refractivity contribution in [1.82, 2.24) is 4.98 Å². The number of fused-ring (bicyclic) bond motifs is 1. The molecule has 0 aliphatic heterocycles. The standard InChI is InChI=1S/C26H14F3NO4S2/c27-26(28,29)18-4-2-1-3-16(18)22(32)23-21(17-10-9-15(31)11-20(17)36-23)13-5-7-14(8-6-13)24-30-19(12-35-24)25(33)34/h1-12,31H,(H,33,34). The van der Waals surface area contributed by atoms with Gasteiger partial charge in [0.05, 0.1) is 10.4 Å². The Morgan fingerprint density at radius 1 is 0.917 bits per heavy atom. The summed E-state index contributed by atoms with van der Waals surface area (Å²) in [6, 6.07) is 16.0. The van der Waals surface area contributed by atoms with Crippen molar-refractivity contribution in [3.8, 4) is 27.4 Å². The van der Waals surface area contributed by atoms with Crippen LogP contribution in [0.1, 0.15) is 31.3 Å². The van der Waals surface area contributed by atoms with Gasteiger partial charge >= 0.3 is 12.1 Å². The van der Waals surface area contributed by atoms with Crippen LogP contribution in [-0.2, 0) is 6.18 Å². The number of hydrogen-bond donors (Lipinski definition) is 2. The second-order valence-corrected chi connectivity index (χ2v) is 9.69. The highest BCUT2D eigenvalue weighted by Crippen LogP contribution is 2.43. The monoisotopic (exact) mass is 525 g/mol. The largest absolute Gasteiger partial charge is 0.508 e. The number of halogens is 3. The summed E-state index contributed by atoms with van der Waals surface area (Å²) in [5, 5.41) is 21.6. The number of thiazole rings is 1. The quantitative estimate of drug-likeness (QED) is 0.234. The van der Waals surface area contributed by atoms with Crippen LogP contribution < -0.4 is 0 Å². The van der Waals surface area contributed by atoms with Crippen LogP contribution in [0.25, 0.3) is 31.8 Å². The molecule has 0 saturated carbocycles. The van der Waals surface area contributed by atoms with Crippen LogP contribution in [0.15, 0.2) is 72.1 Å². The van der Waals surface area contributed by atoms with Gasteiger partial charge in [-0.05, 0) is 29.8 Å². The zero-order valence-corrected chi connectivity index (χ0v) is 19.7. The van der Waals surface area contributed by atoms with E-state index in [4.69, 9.17) is 5.11 Å². The Morgan fingerprint density at radius 3 is 2.28 bits per heavy atom. The molecule has 0 saturated heterocycles. The SMILES string of the molecule is O=C(O)c1csc(-c2ccc(-c3c(C(=O)c4ccccc4C(F)(F)F)sc4cc(O)ccc34)cc2)n1. The molecular formula is C26H14F3NO4S2.